The molecule has 0 bridgehead atoms. The highest BCUT2D eigenvalue weighted by Gasteiger charge is 2.25. The van der Waals surface area contributed by atoms with Crippen molar-refractivity contribution in [3.63, 3.8) is 0 Å². The summed E-state index contributed by atoms with van der Waals surface area (Å²) in [4.78, 5) is 6.22. The molecule has 0 radical (unpaired) electrons. The fourth-order valence-electron chi connectivity index (χ4n) is 3.60. The monoisotopic (exact) mass is 288 g/mol. The van der Waals surface area contributed by atoms with Crippen LogP contribution in [0, 0.1) is 0 Å². The van der Waals surface area contributed by atoms with Gasteiger partial charge in [0.15, 0.2) is 5.82 Å². The molecular formula is C15H20N4S. The van der Waals surface area contributed by atoms with Crippen molar-refractivity contribution in [2.45, 2.75) is 57.3 Å². The van der Waals surface area contributed by atoms with E-state index >= 15 is 0 Å². The highest BCUT2D eigenvalue weighted by molar-refractivity contribution is 7.16. The fourth-order valence-corrected chi connectivity index (χ4v) is 4.76. The summed E-state index contributed by atoms with van der Waals surface area (Å²) >= 11 is 1.74. The van der Waals surface area contributed by atoms with Gasteiger partial charge in [0, 0.05) is 10.8 Å². The molecule has 5 heteroatoms. The van der Waals surface area contributed by atoms with Gasteiger partial charge in [-0.1, -0.05) is 12.8 Å². The number of aryl methyl sites for hydroxylation is 1. The van der Waals surface area contributed by atoms with Crippen LogP contribution in [0.2, 0.25) is 0 Å². The van der Waals surface area contributed by atoms with Crippen LogP contribution >= 0.6 is 11.3 Å². The molecule has 0 amide bonds. The van der Waals surface area contributed by atoms with E-state index < -0.39 is 0 Å². The molecule has 0 aliphatic heterocycles. The topological polar surface area (TPSA) is 67.6 Å². The van der Waals surface area contributed by atoms with Crippen molar-refractivity contribution in [2.75, 3.05) is 5.73 Å². The van der Waals surface area contributed by atoms with Gasteiger partial charge in [-0.25, -0.2) is 4.98 Å². The van der Waals surface area contributed by atoms with Crippen LogP contribution in [0.15, 0.2) is 0 Å². The Labute approximate surface area is 122 Å². The highest BCUT2D eigenvalue weighted by Crippen LogP contribution is 2.42. The van der Waals surface area contributed by atoms with Crippen LogP contribution in [0.4, 0.5) is 5.00 Å². The van der Waals surface area contributed by atoms with Gasteiger partial charge in [0.25, 0.3) is 0 Å². The summed E-state index contributed by atoms with van der Waals surface area (Å²) in [6.07, 6.45) is 9.96. The van der Waals surface area contributed by atoms with Crippen molar-refractivity contribution in [3.8, 4) is 11.4 Å². The summed E-state index contributed by atoms with van der Waals surface area (Å²) in [5, 5.41) is 8.52. The number of rotatable bonds is 2. The van der Waals surface area contributed by atoms with Crippen LogP contribution in [-0.2, 0) is 12.8 Å². The lowest BCUT2D eigenvalue weighted by atomic mass is 9.95. The van der Waals surface area contributed by atoms with E-state index in [-0.39, 0.29) is 0 Å². The van der Waals surface area contributed by atoms with Gasteiger partial charge in [-0.3, -0.25) is 5.10 Å². The lowest BCUT2D eigenvalue weighted by Gasteiger charge is -2.11. The van der Waals surface area contributed by atoms with Crippen LogP contribution in [-0.4, -0.2) is 15.2 Å². The second kappa shape index (κ2) is 4.88. The Kier molecular flexibility index (Phi) is 3.02. The molecular weight excluding hydrogens is 268 g/mol. The second-order valence-electron chi connectivity index (χ2n) is 5.98. The summed E-state index contributed by atoms with van der Waals surface area (Å²) in [5.74, 6) is 2.46. The molecule has 2 aliphatic carbocycles. The first-order valence-electron chi connectivity index (χ1n) is 7.65. The van der Waals surface area contributed by atoms with E-state index in [1.165, 1.54) is 55.4 Å². The highest BCUT2D eigenvalue weighted by atomic mass is 32.1. The predicted octanol–water partition coefficient (Wildman–Crippen LogP) is 3.65. The zero-order valence-electron chi connectivity index (χ0n) is 11.6. The van der Waals surface area contributed by atoms with Crippen molar-refractivity contribution in [3.05, 3.63) is 16.3 Å². The van der Waals surface area contributed by atoms with E-state index in [1.54, 1.807) is 11.3 Å². The second-order valence-corrected chi connectivity index (χ2v) is 7.11. The van der Waals surface area contributed by atoms with Gasteiger partial charge in [0.2, 0.25) is 0 Å². The van der Waals surface area contributed by atoms with E-state index in [0.717, 1.165) is 28.6 Å². The molecule has 20 heavy (non-hydrogen) atoms. The van der Waals surface area contributed by atoms with E-state index in [2.05, 4.69) is 10.2 Å². The molecule has 0 saturated heterocycles. The molecule has 0 spiro atoms. The van der Waals surface area contributed by atoms with E-state index in [1.807, 2.05) is 0 Å². The third-order valence-corrected chi connectivity index (χ3v) is 5.79. The molecule has 4 nitrogen and oxygen atoms in total. The summed E-state index contributed by atoms with van der Waals surface area (Å²) in [5.41, 5.74) is 8.77. The number of nitrogens with zero attached hydrogens (tertiary/aromatic N) is 2. The van der Waals surface area contributed by atoms with Crippen LogP contribution in [0.25, 0.3) is 11.4 Å². The van der Waals surface area contributed by atoms with Gasteiger partial charge in [-0.15, -0.1) is 11.3 Å². The summed E-state index contributed by atoms with van der Waals surface area (Å²) in [7, 11) is 0. The predicted molar refractivity (Wildman–Crippen MR) is 82.0 cm³/mol. The number of H-pyrrole nitrogens is 1. The third kappa shape index (κ3) is 1.95. The number of hydrogen-bond donors (Lipinski definition) is 2. The maximum atomic E-state index is 6.24. The normalized spacial score (nSPS) is 19.4. The fraction of sp³-hybridized carbons (Fsp3) is 0.600. The van der Waals surface area contributed by atoms with Crippen molar-refractivity contribution in [2.24, 2.45) is 0 Å². The van der Waals surface area contributed by atoms with Crippen molar-refractivity contribution >= 4 is 16.3 Å². The van der Waals surface area contributed by atoms with Crippen LogP contribution < -0.4 is 5.73 Å². The Hall–Kier alpha value is -1.36. The van der Waals surface area contributed by atoms with Gasteiger partial charge in [0.1, 0.15) is 5.82 Å². The largest absolute Gasteiger partial charge is 0.390 e. The number of nitrogens with one attached hydrogen (secondary N) is 1. The molecule has 2 heterocycles. The number of aromatic nitrogens is 3. The molecule has 0 unspecified atom stereocenters. The molecule has 0 atom stereocenters. The van der Waals surface area contributed by atoms with Gasteiger partial charge in [-0.05, 0) is 44.1 Å². The zero-order chi connectivity index (χ0) is 13.5. The van der Waals surface area contributed by atoms with E-state index in [4.69, 9.17) is 10.7 Å². The van der Waals surface area contributed by atoms with E-state index in [0.29, 0.717) is 5.92 Å². The molecule has 2 aromatic rings. The zero-order valence-corrected chi connectivity index (χ0v) is 12.4. The number of anilines is 1. The van der Waals surface area contributed by atoms with Gasteiger partial charge in [-0.2, -0.15) is 5.10 Å². The maximum Gasteiger partial charge on any atom is 0.184 e. The molecule has 3 N–H and O–H groups in total. The number of nitrogen functional groups attached to an aromatic ring is 1. The van der Waals surface area contributed by atoms with E-state index in [9.17, 15) is 0 Å². The molecule has 106 valence electrons. The maximum absolute atomic E-state index is 6.24. The average molecular weight is 288 g/mol. The van der Waals surface area contributed by atoms with Crippen molar-refractivity contribution in [1.82, 2.24) is 15.2 Å². The summed E-state index contributed by atoms with van der Waals surface area (Å²) in [6.45, 7) is 0. The minimum absolute atomic E-state index is 0.576. The van der Waals surface area contributed by atoms with Crippen LogP contribution in [0.1, 0.15) is 60.7 Å². The molecule has 2 aliphatic rings. The SMILES string of the molecule is Nc1sc2c(c1-c1n[nH]c(C3CCCC3)n1)CCCC2. The standard InChI is InChI=1S/C15H20N4S/c16-13-12(10-7-3-4-8-11(10)20-13)15-17-14(18-19-15)9-5-1-2-6-9/h9H,1-8,16H2,(H,17,18,19). The Morgan fingerprint density at radius 3 is 2.75 bits per heavy atom. The van der Waals surface area contributed by atoms with Crippen LogP contribution in [0.3, 0.4) is 0 Å². The first-order chi connectivity index (χ1) is 9.83. The van der Waals surface area contributed by atoms with Gasteiger partial charge < -0.3 is 5.73 Å². The van der Waals surface area contributed by atoms with Crippen molar-refractivity contribution in [1.29, 1.82) is 0 Å². The quantitative estimate of drug-likeness (QED) is 0.886. The number of aromatic amines is 1. The lowest BCUT2D eigenvalue weighted by molar-refractivity contribution is 0.672. The van der Waals surface area contributed by atoms with Gasteiger partial charge >= 0.3 is 0 Å². The molecule has 1 saturated carbocycles. The molecule has 4 rings (SSSR count). The summed E-state index contributed by atoms with van der Waals surface area (Å²) < 4.78 is 0. The number of thiophene rings is 1. The third-order valence-electron chi connectivity index (χ3n) is 4.67. The Bertz CT molecular complexity index is 622. The number of hydrogen-bond acceptors (Lipinski definition) is 4. The first-order valence-corrected chi connectivity index (χ1v) is 8.47. The summed E-state index contributed by atoms with van der Waals surface area (Å²) in [6, 6.07) is 0. The Morgan fingerprint density at radius 1 is 1.10 bits per heavy atom. The Morgan fingerprint density at radius 2 is 1.90 bits per heavy atom. The van der Waals surface area contributed by atoms with Gasteiger partial charge in [0.05, 0.1) is 10.6 Å². The van der Waals surface area contributed by atoms with Crippen LogP contribution in [0.5, 0.6) is 0 Å². The Balaban J connectivity index is 1.72. The average Bonchev–Trinajstić information content (AvgIpc) is 3.16. The number of nitrogens with two attached hydrogens (primary N) is 1. The minimum Gasteiger partial charge on any atom is -0.390 e. The molecule has 1 fully saturated rings. The minimum atomic E-state index is 0.576. The number of fused-ring (bicyclic) bond motifs is 1. The molecule has 2 aromatic heterocycles. The lowest BCUT2D eigenvalue weighted by Crippen LogP contribution is -2.00. The molecule has 0 aromatic carbocycles. The van der Waals surface area contributed by atoms with Crippen molar-refractivity contribution < 1.29 is 0 Å². The first kappa shape index (κ1) is 12.4. The smallest absolute Gasteiger partial charge is 0.184 e.